The Kier molecular flexibility index (Phi) is 8.64. The monoisotopic (exact) mass is 289 g/mol. The summed E-state index contributed by atoms with van der Waals surface area (Å²) < 4.78 is 10.7. The molecule has 1 fully saturated rings. The Bertz CT molecular complexity index is 242. The van der Waals surface area contributed by atoms with E-state index in [0.29, 0.717) is 58.3 Å². The first-order valence-corrected chi connectivity index (χ1v) is 7.78. The van der Waals surface area contributed by atoms with Crippen LogP contribution in [0.1, 0.15) is 39.5 Å². The molecule has 0 spiro atoms. The van der Waals surface area contributed by atoms with Crippen LogP contribution >= 0.6 is 0 Å². The minimum absolute atomic E-state index is 0.354. The smallest absolute Gasteiger partial charge is 0.0897 e. The maximum atomic E-state index is 10.2. The lowest BCUT2D eigenvalue weighted by molar-refractivity contribution is -0.0631. The van der Waals surface area contributed by atoms with Gasteiger partial charge in [0.1, 0.15) is 0 Å². The molecule has 1 unspecified atom stereocenters. The van der Waals surface area contributed by atoms with Gasteiger partial charge in [-0.25, -0.2) is 0 Å². The van der Waals surface area contributed by atoms with E-state index in [0.717, 1.165) is 12.8 Å². The van der Waals surface area contributed by atoms with Gasteiger partial charge < -0.3 is 25.0 Å². The Morgan fingerprint density at radius 2 is 2.00 bits per heavy atom. The van der Waals surface area contributed by atoms with Crippen molar-refractivity contribution in [2.75, 3.05) is 39.5 Å². The molecule has 1 heterocycles. The summed E-state index contributed by atoms with van der Waals surface area (Å²) in [6.45, 7) is 7.62. The number of aliphatic hydroxyl groups excluding tert-OH is 1. The van der Waals surface area contributed by atoms with Gasteiger partial charge in [0.25, 0.3) is 0 Å². The fourth-order valence-electron chi connectivity index (χ4n) is 2.27. The highest BCUT2D eigenvalue weighted by Crippen LogP contribution is 2.19. The van der Waals surface area contributed by atoms with Gasteiger partial charge in [0.15, 0.2) is 0 Å². The van der Waals surface area contributed by atoms with Crippen LogP contribution < -0.4 is 5.32 Å². The highest BCUT2D eigenvalue weighted by Gasteiger charge is 2.29. The first-order valence-electron chi connectivity index (χ1n) is 7.78. The van der Waals surface area contributed by atoms with E-state index in [1.165, 1.54) is 0 Å². The van der Waals surface area contributed by atoms with Crippen molar-refractivity contribution in [3.05, 3.63) is 0 Å². The molecule has 3 N–H and O–H groups in total. The third-order valence-electron chi connectivity index (χ3n) is 3.64. The van der Waals surface area contributed by atoms with E-state index >= 15 is 0 Å². The van der Waals surface area contributed by atoms with Crippen LogP contribution in [0.4, 0.5) is 0 Å². The first kappa shape index (κ1) is 17.9. The van der Waals surface area contributed by atoms with Gasteiger partial charge in [-0.1, -0.05) is 13.8 Å². The highest BCUT2D eigenvalue weighted by atomic mass is 16.5. The van der Waals surface area contributed by atoms with Crippen LogP contribution in [-0.4, -0.2) is 61.4 Å². The number of ether oxygens (including phenoxy) is 2. The lowest BCUT2D eigenvalue weighted by atomic mass is 9.94. The Hall–Kier alpha value is -0.200. The predicted molar refractivity (Wildman–Crippen MR) is 78.8 cm³/mol. The molecule has 5 heteroatoms. The quantitative estimate of drug-likeness (QED) is 0.522. The number of hydrogen-bond acceptors (Lipinski definition) is 5. The van der Waals surface area contributed by atoms with E-state index in [4.69, 9.17) is 9.47 Å². The average Bonchev–Trinajstić information content (AvgIpc) is 2.38. The molecule has 0 saturated carbocycles. The van der Waals surface area contributed by atoms with Crippen LogP contribution in [0.15, 0.2) is 0 Å². The van der Waals surface area contributed by atoms with Gasteiger partial charge in [-0.2, -0.15) is 0 Å². The Balaban J connectivity index is 1.98. The van der Waals surface area contributed by atoms with E-state index in [9.17, 15) is 10.2 Å². The van der Waals surface area contributed by atoms with Crippen molar-refractivity contribution in [2.24, 2.45) is 5.92 Å². The molecule has 20 heavy (non-hydrogen) atoms. The minimum atomic E-state index is -0.684. The third kappa shape index (κ3) is 8.17. The van der Waals surface area contributed by atoms with Crippen LogP contribution in [0.5, 0.6) is 0 Å². The fraction of sp³-hybridized carbons (Fsp3) is 1.00. The average molecular weight is 289 g/mol. The van der Waals surface area contributed by atoms with Crippen molar-refractivity contribution >= 4 is 0 Å². The summed E-state index contributed by atoms with van der Waals surface area (Å²) in [6, 6.07) is 0. The molecule has 1 aliphatic rings. The number of rotatable bonds is 10. The molecular weight excluding hydrogens is 258 g/mol. The lowest BCUT2D eigenvalue weighted by Gasteiger charge is -2.32. The maximum absolute atomic E-state index is 10.2. The largest absolute Gasteiger partial charge is 0.389 e. The molecule has 0 aromatic carbocycles. The van der Waals surface area contributed by atoms with Crippen molar-refractivity contribution in [1.82, 2.24) is 5.32 Å². The standard InChI is InChI=1S/C15H31NO4/c1-13(2)4-3-7-20-11-14(17)10-16-12-15(18)5-8-19-9-6-15/h13-14,16-18H,3-12H2,1-2H3. The van der Waals surface area contributed by atoms with E-state index in [-0.39, 0.29) is 0 Å². The maximum Gasteiger partial charge on any atom is 0.0897 e. The normalized spacial score (nSPS) is 20.2. The minimum Gasteiger partial charge on any atom is -0.389 e. The van der Waals surface area contributed by atoms with Gasteiger partial charge in [0.05, 0.1) is 18.3 Å². The molecule has 0 bridgehead atoms. The summed E-state index contributed by atoms with van der Waals surface area (Å²) in [6.07, 6.45) is 2.99. The second-order valence-corrected chi connectivity index (χ2v) is 6.23. The summed E-state index contributed by atoms with van der Waals surface area (Å²) >= 11 is 0. The SMILES string of the molecule is CC(C)CCCOCC(O)CNCC1(O)CCOCC1. The molecule has 0 amide bonds. The van der Waals surface area contributed by atoms with Crippen LogP contribution in [0.3, 0.4) is 0 Å². The van der Waals surface area contributed by atoms with Gasteiger partial charge in [0, 0.05) is 45.8 Å². The van der Waals surface area contributed by atoms with Gasteiger partial charge in [-0.15, -0.1) is 0 Å². The Morgan fingerprint density at radius 1 is 1.30 bits per heavy atom. The van der Waals surface area contributed by atoms with Gasteiger partial charge in [-0.3, -0.25) is 0 Å². The van der Waals surface area contributed by atoms with Gasteiger partial charge in [-0.05, 0) is 18.8 Å². The molecular formula is C15H31NO4. The van der Waals surface area contributed by atoms with E-state index in [1.54, 1.807) is 0 Å². The topological polar surface area (TPSA) is 71.0 Å². The van der Waals surface area contributed by atoms with Crippen molar-refractivity contribution in [3.8, 4) is 0 Å². The zero-order valence-electron chi connectivity index (χ0n) is 12.9. The summed E-state index contributed by atoms with van der Waals surface area (Å²) in [5.74, 6) is 0.699. The van der Waals surface area contributed by atoms with Gasteiger partial charge in [0.2, 0.25) is 0 Å². The predicted octanol–water partition coefficient (Wildman–Crippen LogP) is 0.931. The second kappa shape index (κ2) is 9.68. The lowest BCUT2D eigenvalue weighted by Crippen LogP contribution is -2.47. The summed E-state index contributed by atoms with van der Waals surface area (Å²) in [4.78, 5) is 0. The summed E-state index contributed by atoms with van der Waals surface area (Å²) in [5, 5.41) is 23.1. The molecule has 120 valence electrons. The molecule has 1 saturated heterocycles. The summed E-state index contributed by atoms with van der Waals surface area (Å²) in [5.41, 5.74) is -0.684. The zero-order chi connectivity index (χ0) is 14.8. The van der Waals surface area contributed by atoms with Gasteiger partial charge >= 0.3 is 0 Å². The van der Waals surface area contributed by atoms with Crippen molar-refractivity contribution in [2.45, 2.75) is 51.2 Å². The van der Waals surface area contributed by atoms with E-state index in [2.05, 4.69) is 19.2 Å². The molecule has 0 aromatic rings. The Labute approximate surface area is 122 Å². The molecule has 0 aliphatic carbocycles. The van der Waals surface area contributed by atoms with E-state index in [1.807, 2.05) is 0 Å². The Morgan fingerprint density at radius 3 is 2.65 bits per heavy atom. The number of hydrogen-bond donors (Lipinski definition) is 3. The zero-order valence-corrected chi connectivity index (χ0v) is 12.9. The van der Waals surface area contributed by atoms with Crippen LogP contribution in [0.25, 0.3) is 0 Å². The van der Waals surface area contributed by atoms with Crippen LogP contribution in [0.2, 0.25) is 0 Å². The third-order valence-corrected chi connectivity index (χ3v) is 3.64. The van der Waals surface area contributed by atoms with Crippen molar-refractivity contribution in [1.29, 1.82) is 0 Å². The van der Waals surface area contributed by atoms with Crippen molar-refractivity contribution in [3.63, 3.8) is 0 Å². The van der Waals surface area contributed by atoms with Crippen molar-refractivity contribution < 1.29 is 19.7 Å². The first-order chi connectivity index (χ1) is 9.52. The molecule has 1 aliphatic heterocycles. The van der Waals surface area contributed by atoms with Crippen LogP contribution in [0, 0.1) is 5.92 Å². The van der Waals surface area contributed by atoms with Crippen LogP contribution in [-0.2, 0) is 9.47 Å². The second-order valence-electron chi connectivity index (χ2n) is 6.23. The summed E-state index contributed by atoms with van der Waals surface area (Å²) in [7, 11) is 0. The molecule has 1 rings (SSSR count). The molecule has 0 aromatic heterocycles. The highest BCUT2D eigenvalue weighted by molar-refractivity contribution is 4.83. The number of aliphatic hydroxyl groups is 2. The van der Waals surface area contributed by atoms with E-state index < -0.39 is 11.7 Å². The molecule has 5 nitrogen and oxygen atoms in total. The molecule has 1 atom stereocenters. The number of nitrogens with one attached hydrogen (secondary N) is 1. The molecule has 0 radical (unpaired) electrons. The fourth-order valence-corrected chi connectivity index (χ4v) is 2.27.